The predicted molar refractivity (Wildman–Crippen MR) is 88.4 cm³/mol. The number of carbonyl (C=O) groups excluding carboxylic acids is 1. The van der Waals surface area contributed by atoms with Gasteiger partial charge in [-0.1, -0.05) is 0 Å². The number of nitrogens with zero attached hydrogens (tertiary/aromatic N) is 1. The number of hydrogen-bond donors (Lipinski definition) is 1. The van der Waals surface area contributed by atoms with Crippen LogP contribution in [0.1, 0.15) is 33.1 Å². The standard InChI is InChI=1S/C17H32N2O4/c1-13(2)23-16-7-15(8-16)22-6-4-5-19(3)17(20)12-21-11-14-9-18-10-14/h13-16,18H,4-12H2,1-3H3. The third-order valence-electron chi connectivity index (χ3n) is 4.38. The molecule has 2 fully saturated rings. The first-order valence-corrected chi connectivity index (χ1v) is 8.84. The zero-order valence-electron chi connectivity index (χ0n) is 14.8. The first-order valence-electron chi connectivity index (χ1n) is 8.84. The summed E-state index contributed by atoms with van der Waals surface area (Å²) < 4.78 is 17.0. The molecule has 2 rings (SSSR count). The molecule has 0 aromatic rings. The Bertz CT molecular complexity index is 355. The van der Waals surface area contributed by atoms with E-state index in [0.717, 1.165) is 32.4 Å². The molecule has 1 saturated carbocycles. The molecular formula is C17H32N2O4. The molecular weight excluding hydrogens is 296 g/mol. The maximum atomic E-state index is 11.9. The zero-order valence-corrected chi connectivity index (χ0v) is 14.8. The van der Waals surface area contributed by atoms with Gasteiger partial charge in [0.15, 0.2) is 0 Å². The molecule has 0 atom stereocenters. The summed E-state index contributed by atoms with van der Waals surface area (Å²) in [6, 6.07) is 0. The van der Waals surface area contributed by atoms with Crippen molar-refractivity contribution in [2.75, 3.05) is 46.5 Å². The van der Waals surface area contributed by atoms with Gasteiger partial charge in [-0.25, -0.2) is 0 Å². The maximum absolute atomic E-state index is 11.9. The van der Waals surface area contributed by atoms with Gasteiger partial charge < -0.3 is 24.4 Å². The summed E-state index contributed by atoms with van der Waals surface area (Å²) in [5, 5.41) is 3.19. The van der Waals surface area contributed by atoms with Gasteiger partial charge in [0.25, 0.3) is 0 Å². The molecule has 0 spiro atoms. The van der Waals surface area contributed by atoms with Crippen molar-refractivity contribution in [1.29, 1.82) is 0 Å². The second-order valence-corrected chi connectivity index (χ2v) is 6.98. The minimum atomic E-state index is 0.0475. The van der Waals surface area contributed by atoms with E-state index < -0.39 is 0 Å². The Kier molecular flexibility index (Phi) is 7.76. The van der Waals surface area contributed by atoms with Gasteiger partial charge >= 0.3 is 0 Å². The molecule has 1 saturated heterocycles. The van der Waals surface area contributed by atoms with E-state index >= 15 is 0 Å². The molecule has 2 aliphatic rings. The Morgan fingerprint density at radius 2 is 2.00 bits per heavy atom. The Balaban J connectivity index is 1.42. The Morgan fingerprint density at radius 3 is 2.61 bits per heavy atom. The van der Waals surface area contributed by atoms with E-state index in [0.29, 0.717) is 44.0 Å². The number of amides is 1. The van der Waals surface area contributed by atoms with Gasteiger partial charge in [-0.3, -0.25) is 4.79 Å². The lowest BCUT2D eigenvalue weighted by molar-refractivity contribution is -0.136. The maximum Gasteiger partial charge on any atom is 0.248 e. The Morgan fingerprint density at radius 1 is 1.26 bits per heavy atom. The van der Waals surface area contributed by atoms with E-state index in [1.807, 2.05) is 7.05 Å². The highest BCUT2D eigenvalue weighted by Gasteiger charge is 2.31. The van der Waals surface area contributed by atoms with Crippen LogP contribution >= 0.6 is 0 Å². The number of carbonyl (C=O) groups is 1. The van der Waals surface area contributed by atoms with Crippen LogP contribution in [0.2, 0.25) is 0 Å². The molecule has 6 nitrogen and oxygen atoms in total. The quantitative estimate of drug-likeness (QED) is 0.574. The largest absolute Gasteiger partial charge is 0.378 e. The second kappa shape index (κ2) is 9.57. The van der Waals surface area contributed by atoms with Crippen LogP contribution in [0.15, 0.2) is 0 Å². The van der Waals surface area contributed by atoms with Crippen molar-refractivity contribution in [2.45, 2.75) is 51.4 Å². The summed E-state index contributed by atoms with van der Waals surface area (Å²) in [6.07, 6.45) is 3.85. The smallest absolute Gasteiger partial charge is 0.248 e. The van der Waals surface area contributed by atoms with Crippen molar-refractivity contribution in [1.82, 2.24) is 10.2 Å². The van der Waals surface area contributed by atoms with Gasteiger partial charge in [0.1, 0.15) is 6.61 Å². The average Bonchev–Trinajstić information content (AvgIpc) is 2.41. The SMILES string of the molecule is CC(C)OC1CC(OCCCN(C)C(=O)COCC2CNC2)C1. The fourth-order valence-corrected chi connectivity index (χ4v) is 2.72. The van der Waals surface area contributed by atoms with E-state index in [2.05, 4.69) is 19.2 Å². The number of ether oxygens (including phenoxy) is 3. The Labute approximate surface area is 139 Å². The van der Waals surface area contributed by atoms with Gasteiger partial charge in [-0.15, -0.1) is 0 Å². The van der Waals surface area contributed by atoms with Crippen LogP contribution in [0, 0.1) is 5.92 Å². The van der Waals surface area contributed by atoms with Crippen LogP contribution in [0.5, 0.6) is 0 Å². The fraction of sp³-hybridized carbons (Fsp3) is 0.941. The van der Waals surface area contributed by atoms with Gasteiger partial charge in [0.05, 0.1) is 24.9 Å². The minimum absolute atomic E-state index is 0.0475. The molecule has 1 heterocycles. The lowest BCUT2D eigenvalue weighted by Gasteiger charge is -2.36. The molecule has 0 aromatic heterocycles. The second-order valence-electron chi connectivity index (χ2n) is 6.98. The zero-order chi connectivity index (χ0) is 16.7. The highest BCUT2D eigenvalue weighted by Crippen LogP contribution is 2.27. The lowest BCUT2D eigenvalue weighted by Crippen LogP contribution is -2.45. The fourth-order valence-electron chi connectivity index (χ4n) is 2.72. The normalized spacial score (nSPS) is 24.3. The molecule has 0 bridgehead atoms. The highest BCUT2D eigenvalue weighted by atomic mass is 16.5. The molecule has 134 valence electrons. The molecule has 0 aromatic carbocycles. The van der Waals surface area contributed by atoms with E-state index in [-0.39, 0.29) is 12.5 Å². The molecule has 1 aliphatic carbocycles. The summed E-state index contributed by atoms with van der Waals surface area (Å²) in [5.41, 5.74) is 0. The predicted octanol–water partition coefficient (Wildman–Crippen LogP) is 1.04. The first kappa shape index (κ1) is 18.6. The third-order valence-corrected chi connectivity index (χ3v) is 4.38. The van der Waals surface area contributed by atoms with E-state index in [1.165, 1.54) is 0 Å². The van der Waals surface area contributed by atoms with Crippen LogP contribution in [0.3, 0.4) is 0 Å². The Hall–Kier alpha value is -0.690. The number of hydrogen-bond acceptors (Lipinski definition) is 5. The molecule has 1 aliphatic heterocycles. The van der Waals surface area contributed by atoms with Gasteiger partial charge in [-0.05, 0) is 33.1 Å². The van der Waals surface area contributed by atoms with Crippen molar-refractivity contribution < 1.29 is 19.0 Å². The topological polar surface area (TPSA) is 60.0 Å². The number of likely N-dealkylation sites (N-methyl/N-ethyl adjacent to an activating group) is 1. The monoisotopic (exact) mass is 328 g/mol. The summed E-state index contributed by atoms with van der Waals surface area (Å²) in [5.74, 6) is 0.624. The van der Waals surface area contributed by atoms with Crippen LogP contribution in [-0.2, 0) is 19.0 Å². The van der Waals surface area contributed by atoms with Crippen LogP contribution in [-0.4, -0.2) is 75.6 Å². The summed E-state index contributed by atoms with van der Waals surface area (Å²) >= 11 is 0. The van der Waals surface area contributed by atoms with Gasteiger partial charge in [0, 0.05) is 39.2 Å². The van der Waals surface area contributed by atoms with Crippen molar-refractivity contribution in [3.8, 4) is 0 Å². The van der Waals surface area contributed by atoms with E-state index in [9.17, 15) is 4.79 Å². The summed E-state index contributed by atoms with van der Waals surface area (Å²) in [7, 11) is 1.83. The van der Waals surface area contributed by atoms with Crippen molar-refractivity contribution in [3.63, 3.8) is 0 Å². The van der Waals surface area contributed by atoms with Crippen LogP contribution in [0.25, 0.3) is 0 Å². The van der Waals surface area contributed by atoms with E-state index in [4.69, 9.17) is 14.2 Å². The molecule has 1 N–H and O–H groups in total. The van der Waals surface area contributed by atoms with Crippen molar-refractivity contribution in [2.24, 2.45) is 5.92 Å². The minimum Gasteiger partial charge on any atom is -0.378 e. The van der Waals surface area contributed by atoms with Crippen molar-refractivity contribution >= 4 is 5.91 Å². The highest BCUT2D eigenvalue weighted by molar-refractivity contribution is 5.77. The average molecular weight is 328 g/mol. The van der Waals surface area contributed by atoms with Crippen molar-refractivity contribution in [3.05, 3.63) is 0 Å². The number of rotatable bonds is 11. The molecule has 1 amide bonds. The molecule has 6 heteroatoms. The lowest BCUT2D eigenvalue weighted by atomic mass is 9.92. The summed E-state index contributed by atoms with van der Waals surface area (Å²) in [4.78, 5) is 13.6. The first-order chi connectivity index (χ1) is 11.0. The molecule has 0 radical (unpaired) electrons. The van der Waals surface area contributed by atoms with Gasteiger partial charge in [-0.2, -0.15) is 0 Å². The van der Waals surface area contributed by atoms with Crippen LogP contribution in [0.4, 0.5) is 0 Å². The molecule has 23 heavy (non-hydrogen) atoms. The van der Waals surface area contributed by atoms with Gasteiger partial charge in [0.2, 0.25) is 5.91 Å². The summed E-state index contributed by atoms with van der Waals surface area (Å²) in [6.45, 7) is 8.41. The number of nitrogens with one attached hydrogen (secondary N) is 1. The van der Waals surface area contributed by atoms with E-state index in [1.54, 1.807) is 4.90 Å². The third kappa shape index (κ3) is 6.75. The molecule has 0 unspecified atom stereocenters. The van der Waals surface area contributed by atoms with Crippen LogP contribution < -0.4 is 5.32 Å².